The van der Waals surface area contributed by atoms with Crippen molar-refractivity contribution in [1.29, 1.82) is 0 Å². The van der Waals surface area contributed by atoms with Crippen molar-refractivity contribution in [1.82, 2.24) is 4.31 Å². The van der Waals surface area contributed by atoms with E-state index in [-0.39, 0.29) is 0 Å². The first-order valence-corrected chi connectivity index (χ1v) is 7.11. The number of hydrogen-bond donors (Lipinski definition) is 0. The largest absolute Gasteiger partial charge is 0.440 e. The summed E-state index contributed by atoms with van der Waals surface area (Å²) in [6, 6.07) is 7.44. The molecule has 0 bridgehead atoms. The third-order valence-electron chi connectivity index (χ3n) is 2.69. The molecule has 0 spiro atoms. The van der Waals surface area contributed by atoms with E-state index in [1.54, 1.807) is 30.3 Å². The predicted molar refractivity (Wildman–Crippen MR) is 62.1 cm³/mol. The maximum absolute atomic E-state index is 12.9. The second-order valence-electron chi connectivity index (χ2n) is 3.99. The van der Waals surface area contributed by atoms with E-state index in [2.05, 4.69) is 0 Å². The van der Waals surface area contributed by atoms with Gasteiger partial charge < -0.3 is 4.74 Å². The molecule has 1 aliphatic heterocycles. The molecule has 1 aliphatic rings. The lowest BCUT2D eigenvalue weighted by Crippen LogP contribution is -2.34. The van der Waals surface area contributed by atoms with Crippen molar-refractivity contribution >= 4 is 16.1 Å². The van der Waals surface area contributed by atoms with E-state index in [9.17, 15) is 17.6 Å². The Morgan fingerprint density at radius 1 is 1.33 bits per heavy atom. The van der Waals surface area contributed by atoms with Crippen LogP contribution in [-0.4, -0.2) is 37.9 Å². The molecule has 0 aromatic heterocycles. The van der Waals surface area contributed by atoms with Gasteiger partial charge >= 0.3 is 6.09 Å². The van der Waals surface area contributed by atoms with E-state index in [0.29, 0.717) is 9.87 Å². The number of hydrogen-bond acceptors (Lipinski definition) is 4. The number of cyclic esters (lactones) is 1. The predicted octanol–water partition coefficient (Wildman–Crippen LogP) is 1.48. The van der Waals surface area contributed by atoms with Crippen LogP contribution in [0, 0.1) is 0 Å². The topological polar surface area (TPSA) is 63.7 Å². The first-order valence-electron chi connectivity index (χ1n) is 5.26. The Morgan fingerprint density at radius 2 is 1.94 bits per heavy atom. The number of sulfonamides is 1. The fraction of sp³-hybridized carbons (Fsp3) is 0.364. The van der Waals surface area contributed by atoms with E-state index >= 15 is 0 Å². The van der Waals surface area contributed by atoms with Crippen LogP contribution in [0.25, 0.3) is 0 Å². The van der Waals surface area contributed by atoms with Crippen molar-refractivity contribution in [2.45, 2.75) is 12.1 Å². The molecule has 1 fully saturated rings. The molecular formula is C11H12FNO4S. The summed E-state index contributed by atoms with van der Waals surface area (Å²) in [5.74, 6) is 0. The standard InChI is InChI=1S/C11H12FNO4S/c1-18(15,16)13-10(8-5-3-2-4-6-8)9(7-12)17-11(13)14/h2-6,9-10H,7H2,1H3. The van der Waals surface area contributed by atoms with Crippen LogP contribution in [0.4, 0.5) is 9.18 Å². The average Bonchev–Trinajstić information content (AvgIpc) is 2.67. The Balaban J connectivity index is 2.48. The molecule has 0 aliphatic carbocycles. The minimum Gasteiger partial charge on any atom is -0.440 e. The minimum absolute atomic E-state index is 0.524. The van der Waals surface area contributed by atoms with Gasteiger partial charge in [-0.05, 0) is 5.56 Å². The second-order valence-corrected chi connectivity index (χ2v) is 5.85. The lowest BCUT2D eigenvalue weighted by atomic mass is 10.0. The molecule has 0 N–H and O–H groups in total. The van der Waals surface area contributed by atoms with E-state index in [0.717, 1.165) is 6.26 Å². The Hall–Kier alpha value is -1.63. The number of carbonyl (C=O) groups excluding carboxylic acids is 1. The molecule has 0 saturated carbocycles. The maximum atomic E-state index is 12.9. The summed E-state index contributed by atoms with van der Waals surface area (Å²) in [4.78, 5) is 11.5. The van der Waals surface area contributed by atoms with Crippen molar-refractivity contribution in [3.8, 4) is 0 Å². The Bertz CT molecular complexity index is 545. The van der Waals surface area contributed by atoms with Crippen LogP contribution in [0.1, 0.15) is 11.6 Å². The van der Waals surface area contributed by atoms with Gasteiger partial charge in [-0.1, -0.05) is 30.3 Å². The van der Waals surface area contributed by atoms with Gasteiger partial charge in [-0.2, -0.15) is 4.31 Å². The Labute approximate surface area is 104 Å². The fourth-order valence-electron chi connectivity index (χ4n) is 1.97. The molecule has 98 valence electrons. The lowest BCUT2D eigenvalue weighted by Gasteiger charge is -2.21. The van der Waals surface area contributed by atoms with E-state index in [1.807, 2.05) is 0 Å². The van der Waals surface area contributed by atoms with Crippen LogP contribution in [0.5, 0.6) is 0 Å². The molecule has 1 heterocycles. The first-order chi connectivity index (χ1) is 8.45. The van der Waals surface area contributed by atoms with Crippen molar-refractivity contribution < 1.29 is 22.3 Å². The van der Waals surface area contributed by atoms with Crippen LogP contribution in [-0.2, 0) is 14.8 Å². The zero-order valence-electron chi connectivity index (χ0n) is 9.61. The van der Waals surface area contributed by atoms with E-state index < -0.39 is 34.9 Å². The van der Waals surface area contributed by atoms with Crippen molar-refractivity contribution in [3.05, 3.63) is 35.9 Å². The highest BCUT2D eigenvalue weighted by atomic mass is 32.2. The number of carbonyl (C=O) groups is 1. The van der Waals surface area contributed by atoms with Crippen molar-refractivity contribution in [2.24, 2.45) is 0 Å². The third kappa shape index (κ3) is 2.17. The number of rotatable bonds is 3. The average molecular weight is 273 g/mol. The molecule has 2 atom stereocenters. The SMILES string of the molecule is CS(=O)(=O)N1C(=O)OC(CF)C1c1ccccc1. The van der Waals surface area contributed by atoms with Crippen LogP contribution in [0.15, 0.2) is 30.3 Å². The van der Waals surface area contributed by atoms with Gasteiger partial charge in [-0.3, -0.25) is 0 Å². The van der Waals surface area contributed by atoms with Crippen LogP contribution >= 0.6 is 0 Å². The summed E-state index contributed by atoms with van der Waals surface area (Å²) < 4.78 is 41.4. The lowest BCUT2D eigenvalue weighted by molar-refractivity contribution is 0.113. The molecule has 1 aromatic rings. The third-order valence-corrected chi connectivity index (χ3v) is 3.78. The summed E-state index contributed by atoms with van der Waals surface area (Å²) in [6.07, 6.45) is -1.24. The van der Waals surface area contributed by atoms with Gasteiger partial charge in [-0.25, -0.2) is 17.6 Å². The molecule has 7 heteroatoms. The molecule has 1 saturated heterocycles. The van der Waals surface area contributed by atoms with Crippen molar-refractivity contribution in [2.75, 3.05) is 12.9 Å². The Morgan fingerprint density at radius 3 is 2.44 bits per heavy atom. The highest BCUT2D eigenvalue weighted by Gasteiger charge is 2.47. The van der Waals surface area contributed by atoms with Gasteiger partial charge in [0.15, 0.2) is 6.10 Å². The maximum Gasteiger partial charge on any atom is 0.424 e. The number of nitrogens with zero attached hydrogens (tertiary/aromatic N) is 1. The monoisotopic (exact) mass is 273 g/mol. The summed E-state index contributed by atoms with van der Waals surface area (Å²) in [5.41, 5.74) is 0.524. The number of ether oxygens (including phenoxy) is 1. The van der Waals surface area contributed by atoms with Gasteiger partial charge in [0.25, 0.3) is 0 Å². The first kappa shape index (κ1) is 12.8. The minimum atomic E-state index is -3.80. The van der Waals surface area contributed by atoms with Gasteiger partial charge in [0.1, 0.15) is 12.7 Å². The van der Waals surface area contributed by atoms with Gasteiger partial charge in [-0.15, -0.1) is 0 Å². The van der Waals surface area contributed by atoms with Crippen LogP contribution in [0.3, 0.4) is 0 Å². The van der Waals surface area contributed by atoms with Crippen LogP contribution < -0.4 is 0 Å². The van der Waals surface area contributed by atoms with Crippen LogP contribution in [0.2, 0.25) is 0 Å². The Kier molecular flexibility index (Phi) is 3.25. The molecule has 1 amide bonds. The fourth-order valence-corrected chi connectivity index (χ4v) is 2.95. The summed E-state index contributed by atoms with van der Waals surface area (Å²) in [6.45, 7) is -0.933. The number of halogens is 1. The van der Waals surface area contributed by atoms with E-state index in [1.165, 1.54) is 0 Å². The molecule has 2 unspecified atom stereocenters. The summed E-state index contributed by atoms with van der Waals surface area (Å²) in [5, 5.41) is 0. The van der Waals surface area contributed by atoms with Gasteiger partial charge in [0.05, 0.1) is 6.26 Å². The zero-order valence-corrected chi connectivity index (χ0v) is 10.4. The molecule has 2 rings (SSSR count). The molecule has 18 heavy (non-hydrogen) atoms. The summed E-state index contributed by atoms with van der Waals surface area (Å²) in [7, 11) is -3.80. The normalized spacial score (nSPS) is 24.1. The second kappa shape index (κ2) is 4.56. The zero-order chi connectivity index (χ0) is 13.3. The van der Waals surface area contributed by atoms with Gasteiger partial charge in [0, 0.05) is 0 Å². The number of alkyl halides is 1. The highest BCUT2D eigenvalue weighted by Crippen LogP contribution is 2.35. The molecule has 5 nitrogen and oxygen atoms in total. The highest BCUT2D eigenvalue weighted by molar-refractivity contribution is 7.88. The number of amides is 1. The molecular weight excluding hydrogens is 261 g/mol. The smallest absolute Gasteiger partial charge is 0.424 e. The van der Waals surface area contributed by atoms with Gasteiger partial charge in [0.2, 0.25) is 10.0 Å². The van der Waals surface area contributed by atoms with E-state index in [4.69, 9.17) is 4.74 Å². The molecule has 1 aromatic carbocycles. The summed E-state index contributed by atoms with van der Waals surface area (Å²) >= 11 is 0. The number of benzene rings is 1. The molecule has 0 radical (unpaired) electrons. The quantitative estimate of drug-likeness (QED) is 0.836. The van der Waals surface area contributed by atoms with Crippen molar-refractivity contribution in [3.63, 3.8) is 0 Å².